The Morgan fingerprint density at radius 2 is 0.805 bits per heavy atom. The Morgan fingerprint density at radius 3 is 1.56 bits per heavy atom. The van der Waals surface area contributed by atoms with Crippen molar-refractivity contribution in [1.29, 1.82) is 0 Å². The smallest absolute Gasteiger partial charge is 0.0713 e. The lowest BCUT2D eigenvalue weighted by molar-refractivity contribution is 0.768. The predicted octanol–water partition coefficient (Wildman–Crippen LogP) is 22.2. The summed E-state index contributed by atoms with van der Waals surface area (Å²) in [5, 5.41) is 9.66. The van der Waals surface area contributed by atoms with Crippen LogP contribution in [0.5, 0.6) is 0 Å². The van der Waals surface area contributed by atoms with Crippen LogP contribution in [0.15, 0.2) is 315 Å². The maximum absolute atomic E-state index is 2.49. The van der Waals surface area contributed by atoms with Gasteiger partial charge in [0.1, 0.15) is 0 Å². The number of anilines is 6. The molecule has 0 atom stereocenters. The number of nitrogens with zero attached hydrogens (tertiary/aromatic N) is 2. The third-order valence-corrected chi connectivity index (χ3v) is 18.3. The Labute approximate surface area is 481 Å². The van der Waals surface area contributed by atoms with Crippen LogP contribution in [-0.2, 0) is 5.41 Å². The van der Waals surface area contributed by atoms with Gasteiger partial charge in [-0.3, -0.25) is 0 Å². The number of fused-ring (bicyclic) bond motifs is 9. The molecule has 0 bridgehead atoms. The third-order valence-electron chi connectivity index (χ3n) is 17.0. The van der Waals surface area contributed by atoms with Crippen LogP contribution in [0.25, 0.3) is 85.9 Å². The van der Waals surface area contributed by atoms with Gasteiger partial charge in [-0.05, 0) is 155 Å². The van der Waals surface area contributed by atoms with Crippen LogP contribution in [0, 0.1) is 0 Å². The second-order valence-electron chi connectivity index (χ2n) is 21.6. The molecule has 15 aromatic rings. The first kappa shape index (κ1) is 47.7. The Kier molecular flexibility index (Phi) is 11.3. The van der Waals surface area contributed by atoms with E-state index >= 15 is 0 Å². The molecule has 0 fully saturated rings. The van der Waals surface area contributed by atoms with Crippen LogP contribution in [0.3, 0.4) is 0 Å². The summed E-state index contributed by atoms with van der Waals surface area (Å²) in [6.07, 6.45) is 0. The van der Waals surface area contributed by atoms with Gasteiger partial charge in [-0.1, -0.05) is 243 Å². The minimum atomic E-state index is -0.504. The van der Waals surface area contributed by atoms with Gasteiger partial charge in [0, 0.05) is 43.6 Å². The van der Waals surface area contributed by atoms with Crippen LogP contribution >= 0.6 is 11.3 Å². The molecule has 14 aromatic carbocycles. The zero-order valence-electron chi connectivity index (χ0n) is 44.8. The summed E-state index contributed by atoms with van der Waals surface area (Å²) >= 11 is 1.88. The molecule has 1 aromatic heterocycles. The van der Waals surface area contributed by atoms with Crippen molar-refractivity contribution in [2.75, 3.05) is 9.80 Å². The molecular formula is C79H52N2S. The number of hydrogen-bond donors (Lipinski definition) is 0. The summed E-state index contributed by atoms with van der Waals surface area (Å²) in [5.41, 5.74) is 18.5. The van der Waals surface area contributed by atoms with E-state index in [2.05, 4.69) is 325 Å². The lowest BCUT2D eigenvalue weighted by atomic mass is 9.67. The Balaban J connectivity index is 0.956. The molecule has 0 saturated carbocycles. The number of rotatable bonds is 10. The van der Waals surface area contributed by atoms with E-state index in [4.69, 9.17) is 0 Å². The van der Waals surface area contributed by atoms with Crippen molar-refractivity contribution < 1.29 is 0 Å². The molecule has 0 aliphatic heterocycles. The van der Waals surface area contributed by atoms with E-state index in [1.54, 1.807) is 0 Å². The average molecular weight is 1060 g/mol. The summed E-state index contributed by atoms with van der Waals surface area (Å²) in [6.45, 7) is 0. The van der Waals surface area contributed by atoms with Crippen molar-refractivity contribution in [2.24, 2.45) is 0 Å². The Morgan fingerprint density at radius 1 is 0.268 bits per heavy atom. The van der Waals surface area contributed by atoms with Gasteiger partial charge in [-0.15, -0.1) is 11.3 Å². The van der Waals surface area contributed by atoms with Crippen molar-refractivity contribution in [2.45, 2.75) is 5.41 Å². The average Bonchev–Trinajstić information content (AvgIpc) is 4.27. The molecule has 1 aliphatic rings. The molecule has 2 nitrogen and oxygen atoms in total. The molecule has 16 rings (SSSR count). The van der Waals surface area contributed by atoms with Gasteiger partial charge in [0.05, 0.1) is 21.5 Å². The maximum Gasteiger partial charge on any atom is 0.0713 e. The monoisotopic (exact) mass is 1060 g/mol. The summed E-state index contributed by atoms with van der Waals surface area (Å²) < 4.78 is 2.45. The van der Waals surface area contributed by atoms with Gasteiger partial charge in [-0.2, -0.15) is 0 Å². The Hall–Kier alpha value is -10.3. The van der Waals surface area contributed by atoms with Gasteiger partial charge in [-0.25, -0.2) is 0 Å². The molecule has 82 heavy (non-hydrogen) atoms. The highest BCUT2D eigenvalue weighted by atomic mass is 32.1. The fraction of sp³-hybridized carbons (Fsp3) is 0.0127. The highest BCUT2D eigenvalue weighted by Crippen LogP contribution is 2.59. The highest BCUT2D eigenvalue weighted by Gasteiger charge is 2.46. The normalized spacial score (nSPS) is 12.5. The summed E-state index contributed by atoms with van der Waals surface area (Å²) in [6, 6.07) is 117. The van der Waals surface area contributed by atoms with Crippen LogP contribution in [-0.4, -0.2) is 0 Å². The van der Waals surface area contributed by atoms with Crippen molar-refractivity contribution >= 4 is 98.0 Å². The topological polar surface area (TPSA) is 6.48 Å². The lowest BCUT2D eigenvalue weighted by Crippen LogP contribution is -2.28. The van der Waals surface area contributed by atoms with Gasteiger partial charge in [0.2, 0.25) is 0 Å². The molecule has 3 heteroatoms. The fourth-order valence-electron chi connectivity index (χ4n) is 13.4. The van der Waals surface area contributed by atoms with Crippen LogP contribution in [0.4, 0.5) is 34.1 Å². The summed E-state index contributed by atoms with van der Waals surface area (Å²) in [4.78, 5) is 4.96. The molecule has 0 radical (unpaired) electrons. The summed E-state index contributed by atoms with van der Waals surface area (Å²) in [7, 11) is 0. The van der Waals surface area contributed by atoms with Gasteiger partial charge < -0.3 is 9.80 Å². The van der Waals surface area contributed by atoms with Gasteiger partial charge in [0.25, 0.3) is 0 Å². The first-order chi connectivity index (χ1) is 40.7. The number of para-hydroxylation sites is 1. The standard InChI is InChI=1S/C79H52N2S/c1-4-26-61(27-5-1)79(62-28-6-2-7-29-62)72-35-17-16-33-69(72)77-68(34-19-36-73(77)79)60-43-47-76-70(50-60)71-51-66(81(65-46-42-54-21-11-13-24-58(54)49-65)74-37-18-25-56-22-14-15-32-67(56)74)52-75(78(71)82-76)80(63-30-8-3-9-31-63)64-44-40-55(41-45-64)59-39-38-53-20-10-12-23-57(53)48-59/h1-52H. The third kappa shape index (κ3) is 7.69. The fourth-order valence-corrected chi connectivity index (χ4v) is 14.5. The van der Waals surface area contributed by atoms with Crippen LogP contribution in [0.2, 0.25) is 0 Å². The molecule has 0 spiro atoms. The zero-order valence-corrected chi connectivity index (χ0v) is 45.6. The van der Waals surface area contributed by atoms with Crippen molar-refractivity contribution in [1.82, 2.24) is 0 Å². The van der Waals surface area contributed by atoms with Crippen molar-refractivity contribution in [3.63, 3.8) is 0 Å². The second kappa shape index (κ2) is 19.5. The predicted molar refractivity (Wildman–Crippen MR) is 349 cm³/mol. The molecular weight excluding hydrogens is 1010 g/mol. The quantitative estimate of drug-likeness (QED) is 0.135. The number of benzene rings is 14. The van der Waals surface area contributed by atoms with Crippen molar-refractivity contribution in [3.05, 3.63) is 338 Å². The molecule has 0 amide bonds. The molecule has 384 valence electrons. The molecule has 0 N–H and O–H groups in total. The first-order valence-electron chi connectivity index (χ1n) is 28.2. The number of thiophene rings is 1. The molecule has 0 unspecified atom stereocenters. The van der Waals surface area contributed by atoms with Crippen LogP contribution < -0.4 is 9.80 Å². The van der Waals surface area contributed by atoms with E-state index in [0.717, 1.165) is 34.1 Å². The van der Waals surface area contributed by atoms with E-state index in [-0.39, 0.29) is 0 Å². The van der Waals surface area contributed by atoms with E-state index in [1.807, 2.05) is 11.3 Å². The minimum Gasteiger partial charge on any atom is -0.310 e. The van der Waals surface area contributed by atoms with Crippen LogP contribution in [0.1, 0.15) is 22.3 Å². The van der Waals surface area contributed by atoms with E-state index in [0.29, 0.717) is 0 Å². The molecule has 1 aliphatic carbocycles. The van der Waals surface area contributed by atoms with Gasteiger partial charge in [0.15, 0.2) is 0 Å². The van der Waals surface area contributed by atoms with Crippen molar-refractivity contribution in [3.8, 4) is 33.4 Å². The molecule has 0 saturated heterocycles. The lowest BCUT2D eigenvalue weighted by Gasteiger charge is -2.34. The Bertz CT molecular complexity index is 4880. The minimum absolute atomic E-state index is 0.504. The number of hydrogen-bond acceptors (Lipinski definition) is 3. The second-order valence-corrected chi connectivity index (χ2v) is 22.6. The highest BCUT2D eigenvalue weighted by molar-refractivity contribution is 7.26. The maximum atomic E-state index is 2.49. The van der Waals surface area contributed by atoms with E-state index in [9.17, 15) is 0 Å². The molecule has 1 heterocycles. The largest absolute Gasteiger partial charge is 0.310 e. The van der Waals surface area contributed by atoms with E-state index < -0.39 is 5.41 Å². The first-order valence-corrected chi connectivity index (χ1v) is 29.0. The van der Waals surface area contributed by atoms with E-state index in [1.165, 1.54) is 108 Å². The SMILES string of the molecule is c1ccc(N(c2ccc(-c3ccc4ccccc4c3)cc2)c2cc(N(c3ccc4ccccc4c3)c3cccc4ccccc34)cc3c2sc2ccc(-c4cccc5c4-c4ccccc4C5(c4ccccc4)c4ccccc4)cc23)cc1. The summed E-state index contributed by atoms with van der Waals surface area (Å²) in [5.74, 6) is 0. The van der Waals surface area contributed by atoms with Gasteiger partial charge >= 0.3 is 0 Å². The zero-order chi connectivity index (χ0) is 54.1.